The summed E-state index contributed by atoms with van der Waals surface area (Å²) in [6.45, 7) is 0. The molecule has 0 bridgehead atoms. The molecule has 1 rings (SSSR count). The van der Waals surface area contributed by atoms with Crippen molar-refractivity contribution in [2.75, 3.05) is 5.75 Å². The van der Waals surface area contributed by atoms with Gasteiger partial charge in [0.15, 0.2) is 0 Å². The van der Waals surface area contributed by atoms with Crippen molar-refractivity contribution < 1.29 is 13.0 Å². The Hall–Kier alpha value is 0.200. The van der Waals surface area contributed by atoms with Crippen LogP contribution in [0.25, 0.3) is 0 Å². The van der Waals surface area contributed by atoms with Crippen LogP contribution in [0.1, 0.15) is 12.8 Å². The number of hydrogen-bond donors (Lipinski definition) is 1. The van der Waals surface area contributed by atoms with Crippen LogP contribution in [-0.2, 0) is 10.1 Å². The zero-order valence-electron chi connectivity index (χ0n) is 4.78. The van der Waals surface area contributed by atoms with Crippen LogP contribution < -0.4 is 0 Å². The molecule has 1 fully saturated rings. The predicted octanol–water partition coefficient (Wildman–Crippen LogP) is 0.706. The van der Waals surface area contributed by atoms with Crippen LogP contribution in [-0.4, -0.2) is 18.7 Å². The molecule has 0 aromatic heterocycles. The minimum atomic E-state index is -3.66. The fourth-order valence-electron chi connectivity index (χ4n) is 0.582. The molecule has 0 aromatic carbocycles. The second-order valence-corrected chi connectivity index (χ2v) is 3.69. The topological polar surface area (TPSA) is 54.4 Å². The van der Waals surface area contributed by atoms with E-state index in [2.05, 4.69) is 0 Å². The first-order chi connectivity index (χ1) is 3.58. The zero-order valence-corrected chi connectivity index (χ0v) is 6.41. The van der Waals surface area contributed by atoms with Gasteiger partial charge in [-0.2, -0.15) is 8.42 Å². The average Bonchev–Trinajstić information content (AvgIpc) is 2.12. The first-order valence-electron chi connectivity index (χ1n) is 2.53. The molecular weight excluding hydrogens is 164 g/mol. The third-order valence-corrected chi connectivity index (χ3v) is 2.04. The van der Waals surface area contributed by atoms with Crippen molar-refractivity contribution in [1.29, 1.82) is 0 Å². The molecule has 5 heteroatoms. The summed E-state index contributed by atoms with van der Waals surface area (Å²) >= 11 is 0. The van der Waals surface area contributed by atoms with E-state index in [1.54, 1.807) is 0 Å². The van der Waals surface area contributed by atoms with E-state index in [4.69, 9.17) is 4.55 Å². The highest BCUT2D eigenvalue weighted by Gasteiger charge is 2.26. The molecule has 1 N–H and O–H groups in total. The largest absolute Gasteiger partial charge is 0.286 e. The molecule has 0 aromatic rings. The van der Waals surface area contributed by atoms with Crippen LogP contribution in [0, 0.1) is 5.92 Å². The van der Waals surface area contributed by atoms with Gasteiger partial charge in [0, 0.05) is 0 Å². The molecule has 9 heavy (non-hydrogen) atoms. The third-order valence-electron chi connectivity index (χ3n) is 1.14. The fraction of sp³-hybridized carbons (Fsp3) is 1.00. The molecule has 1 aliphatic carbocycles. The fourth-order valence-corrected chi connectivity index (χ4v) is 1.51. The maximum absolute atomic E-state index is 10.0. The van der Waals surface area contributed by atoms with Gasteiger partial charge in [-0.3, -0.25) is 4.55 Å². The van der Waals surface area contributed by atoms with Crippen molar-refractivity contribution in [3.05, 3.63) is 0 Å². The Morgan fingerprint density at radius 3 is 2.00 bits per heavy atom. The van der Waals surface area contributed by atoms with Gasteiger partial charge >= 0.3 is 0 Å². The van der Waals surface area contributed by atoms with Crippen molar-refractivity contribution in [1.82, 2.24) is 0 Å². The average molecular weight is 173 g/mol. The lowest BCUT2D eigenvalue weighted by Gasteiger charge is -1.88. The Bertz CT molecular complexity index is 170. The maximum atomic E-state index is 10.0. The van der Waals surface area contributed by atoms with Gasteiger partial charge in [0.05, 0.1) is 5.75 Å². The van der Waals surface area contributed by atoms with E-state index >= 15 is 0 Å². The molecule has 0 spiro atoms. The second-order valence-electron chi connectivity index (χ2n) is 2.19. The van der Waals surface area contributed by atoms with Gasteiger partial charge in [-0.1, -0.05) is 0 Å². The van der Waals surface area contributed by atoms with Gasteiger partial charge < -0.3 is 0 Å². The number of hydrogen-bond acceptors (Lipinski definition) is 2. The van der Waals surface area contributed by atoms with Crippen molar-refractivity contribution >= 4 is 22.5 Å². The Morgan fingerprint density at radius 1 is 1.44 bits per heavy atom. The Morgan fingerprint density at radius 2 is 1.89 bits per heavy atom. The predicted molar refractivity (Wildman–Crippen MR) is 36.4 cm³/mol. The molecule has 0 amide bonds. The Kier molecular flexibility index (Phi) is 2.92. The SMILES string of the molecule is Cl.O=S(=O)(O)CC1CC1. The molecule has 0 heterocycles. The molecule has 0 unspecified atom stereocenters. The van der Waals surface area contributed by atoms with E-state index in [0.29, 0.717) is 0 Å². The van der Waals surface area contributed by atoms with E-state index in [1.165, 1.54) is 0 Å². The van der Waals surface area contributed by atoms with Crippen LogP contribution in [0.5, 0.6) is 0 Å². The summed E-state index contributed by atoms with van der Waals surface area (Å²) in [6, 6.07) is 0. The monoisotopic (exact) mass is 172 g/mol. The standard InChI is InChI=1S/C4H8O3S.ClH/c5-8(6,7)3-4-1-2-4;/h4H,1-3H2,(H,5,6,7);1H. The first-order valence-corrected chi connectivity index (χ1v) is 4.14. The third kappa shape index (κ3) is 4.69. The first kappa shape index (κ1) is 9.20. The van der Waals surface area contributed by atoms with Gasteiger partial charge in [-0.05, 0) is 18.8 Å². The van der Waals surface area contributed by atoms with Crippen molar-refractivity contribution in [3.63, 3.8) is 0 Å². The lowest BCUT2D eigenvalue weighted by molar-refractivity contribution is 0.480. The molecule has 0 saturated heterocycles. The smallest absolute Gasteiger partial charge is 0.265 e. The Labute approximate surface area is 60.6 Å². The van der Waals surface area contributed by atoms with E-state index < -0.39 is 10.1 Å². The summed E-state index contributed by atoms with van der Waals surface area (Å²) in [7, 11) is -3.66. The molecule has 3 nitrogen and oxygen atoms in total. The van der Waals surface area contributed by atoms with Crippen LogP contribution in [0.2, 0.25) is 0 Å². The van der Waals surface area contributed by atoms with E-state index in [0.717, 1.165) is 12.8 Å². The Balaban J connectivity index is 0.000000640. The molecule has 0 aliphatic heterocycles. The van der Waals surface area contributed by atoms with E-state index in [9.17, 15) is 8.42 Å². The molecule has 0 radical (unpaired) electrons. The van der Waals surface area contributed by atoms with Gasteiger partial charge in [0.25, 0.3) is 10.1 Å². The summed E-state index contributed by atoms with van der Waals surface area (Å²) < 4.78 is 28.3. The van der Waals surface area contributed by atoms with Gasteiger partial charge in [-0.15, -0.1) is 12.4 Å². The molecule has 56 valence electrons. The lowest BCUT2D eigenvalue weighted by Crippen LogP contribution is -2.04. The van der Waals surface area contributed by atoms with Crippen LogP contribution in [0.4, 0.5) is 0 Å². The number of rotatable bonds is 2. The maximum Gasteiger partial charge on any atom is 0.265 e. The summed E-state index contributed by atoms with van der Waals surface area (Å²) in [4.78, 5) is 0. The summed E-state index contributed by atoms with van der Waals surface area (Å²) in [5.74, 6) is 0.220. The second kappa shape index (κ2) is 2.86. The molecular formula is C4H9ClO3S. The van der Waals surface area contributed by atoms with Crippen LogP contribution in [0.3, 0.4) is 0 Å². The van der Waals surface area contributed by atoms with Crippen molar-refractivity contribution in [2.24, 2.45) is 5.92 Å². The highest BCUT2D eigenvalue weighted by atomic mass is 35.5. The van der Waals surface area contributed by atoms with Crippen LogP contribution in [0.15, 0.2) is 0 Å². The minimum absolute atomic E-state index is 0. The molecule has 1 saturated carbocycles. The normalized spacial score (nSPS) is 18.8. The zero-order chi connectivity index (χ0) is 6.20. The highest BCUT2D eigenvalue weighted by Crippen LogP contribution is 2.29. The van der Waals surface area contributed by atoms with Crippen LogP contribution >= 0.6 is 12.4 Å². The molecule has 1 aliphatic rings. The molecule has 0 atom stereocenters. The van der Waals surface area contributed by atoms with E-state index in [1.807, 2.05) is 0 Å². The lowest BCUT2D eigenvalue weighted by atomic mass is 10.5. The quantitative estimate of drug-likeness (QED) is 0.625. The van der Waals surface area contributed by atoms with Gasteiger partial charge in [0.1, 0.15) is 0 Å². The minimum Gasteiger partial charge on any atom is -0.286 e. The summed E-state index contributed by atoms with van der Waals surface area (Å²) in [5.41, 5.74) is 0. The van der Waals surface area contributed by atoms with Gasteiger partial charge in [0.2, 0.25) is 0 Å². The van der Waals surface area contributed by atoms with E-state index in [-0.39, 0.29) is 24.1 Å². The van der Waals surface area contributed by atoms with Crippen molar-refractivity contribution in [3.8, 4) is 0 Å². The van der Waals surface area contributed by atoms with Gasteiger partial charge in [-0.25, -0.2) is 0 Å². The highest BCUT2D eigenvalue weighted by molar-refractivity contribution is 7.85. The number of halogens is 1. The van der Waals surface area contributed by atoms with Crippen molar-refractivity contribution in [2.45, 2.75) is 12.8 Å². The summed E-state index contributed by atoms with van der Waals surface area (Å²) in [5, 5.41) is 0. The summed E-state index contributed by atoms with van der Waals surface area (Å²) in [6.07, 6.45) is 1.92.